The van der Waals surface area contributed by atoms with E-state index in [9.17, 15) is 0 Å². The summed E-state index contributed by atoms with van der Waals surface area (Å²) >= 11 is 0. The summed E-state index contributed by atoms with van der Waals surface area (Å²) in [6.07, 6.45) is 21.6. The highest BCUT2D eigenvalue weighted by atomic mass is 16.5. The molecule has 1 heteroatoms. The largest absolute Gasteiger partial charge is 0.490 e. The van der Waals surface area contributed by atoms with E-state index in [1.54, 1.807) is 5.56 Å². The third kappa shape index (κ3) is 6.40. The molecule has 2 aromatic rings. The van der Waals surface area contributed by atoms with Gasteiger partial charge in [-0.05, 0) is 84.7 Å². The van der Waals surface area contributed by atoms with Crippen LogP contribution in [-0.2, 0) is 0 Å². The summed E-state index contributed by atoms with van der Waals surface area (Å²) in [7, 11) is 0. The van der Waals surface area contributed by atoms with Gasteiger partial charge < -0.3 is 4.74 Å². The molecule has 2 aliphatic rings. The molecule has 32 heavy (non-hydrogen) atoms. The highest BCUT2D eigenvalue weighted by Crippen LogP contribution is 2.41. The highest BCUT2D eigenvalue weighted by molar-refractivity contribution is 5.84. The molecule has 0 aromatic heterocycles. The van der Waals surface area contributed by atoms with Gasteiger partial charge in [0.1, 0.15) is 12.4 Å². The van der Waals surface area contributed by atoms with E-state index >= 15 is 0 Å². The first-order valence-corrected chi connectivity index (χ1v) is 13.5. The smallest absolute Gasteiger partial charge is 0.120 e. The number of benzene rings is 2. The summed E-state index contributed by atoms with van der Waals surface area (Å²) in [5.74, 6) is 4.78. The molecule has 2 saturated carbocycles. The van der Waals surface area contributed by atoms with Gasteiger partial charge in [0.15, 0.2) is 0 Å². The highest BCUT2D eigenvalue weighted by Gasteiger charge is 2.25. The van der Waals surface area contributed by atoms with Crippen molar-refractivity contribution in [1.29, 1.82) is 0 Å². The van der Waals surface area contributed by atoms with E-state index in [2.05, 4.69) is 43.3 Å². The fourth-order valence-corrected chi connectivity index (χ4v) is 6.30. The summed E-state index contributed by atoms with van der Waals surface area (Å²) in [4.78, 5) is 0. The van der Waals surface area contributed by atoms with Crippen molar-refractivity contribution in [2.24, 2.45) is 17.8 Å². The Labute approximate surface area is 196 Å². The van der Waals surface area contributed by atoms with Gasteiger partial charge in [0.05, 0.1) is 0 Å². The number of rotatable bonds is 9. The first-order valence-electron chi connectivity index (χ1n) is 13.5. The van der Waals surface area contributed by atoms with Gasteiger partial charge in [-0.15, -0.1) is 0 Å². The lowest BCUT2D eigenvalue weighted by Crippen LogP contribution is -2.17. The van der Waals surface area contributed by atoms with Crippen LogP contribution in [0.3, 0.4) is 0 Å². The van der Waals surface area contributed by atoms with E-state index < -0.39 is 0 Å². The maximum absolute atomic E-state index is 5.81. The lowest BCUT2D eigenvalue weighted by Gasteiger charge is -2.32. The van der Waals surface area contributed by atoms with E-state index in [-0.39, 0.29) is 0 Å². The van der Waals surface area contributed by atoms with Crippen LogP contribution >= 0.6 is 0 Å². The molecule has 0 N–H and O–H groups in total. The summed E-state index contributed by atoms with van der Waals surface area (Å²) < 4.78 is 5.81. The molecule has 0 amide bonds. The zero-order valence-electron chi connectivity index (χ0n) is 20.5. The third-order valence-corrected chi connectivity index (χ3v) is 8.38. The van der Waals surface area contributed by atoms with Crippen molar-refractivity contribution in [2.45, 2.75) is 96.8 Å². The second-order valence-corrected chi connectivity index (χ2v) is 10.6. The van der Waals surface area contributed by atoms with Crippen molar-refractivity contribution in [2.75, 3.05) is 6.61 Å². The number of allylic oxidation sites excluding steroid dienone is 1. The Kier molecular flexibility index (Phi) is 8.71. The average molecular weight is 433 g/mol. The van der Waals surface area contributed by atoms with Crippen LogP contribution in [0.2, 0.25) is 0 Å². The Morgan fingerprint density at radius 3 is 2.00 bits per heavy atom. The standard InChI is InChI=1S/C31H44O/c1-3-5-21-32-31-20-19-29-22-28(17-18-30(29)23-31)27-15-13-26(14-16-27)12-11-25-9-7-24(6-4-2)8-10-25/h3,5,17-20,22-27H,4,6-16,21H2,1-2H3. The van der Waals surface area contributed by atoms with Crippen LogP contribution in [0.15, 0.2) is 48.6 Å². The molecule has 0 aliphatic heterocycles. The molecule has 0 bridgehead atoms. The fourth-order valence-electron chi connectivity index (χ4n) is 6.30. The van der Waals surface area contributed by atoms with Crippen molar-refractivity contribution >= 4 is 10.8 Å². The average Bonchev–Trinajstić information content (AvgIpc) is 2.84. The molecule has 0 saturated heterocycles. The van der Waals surface area contributed by atoms with Crippen molar-refractivity contribution in [3.63, 3.8) is 0 Å². The fraction of sp³-hybridized carbons (Fsp3) is 0.613. The Morgan fingerprint density at radius 2 is 1.34 bits per heavy atom. The molecule has 0 heterocycles. The minimum Gasteiger partial charge on any atom is -0.490 e. The minimum atomic E-state index is 0.642. The van der Waals surface area contributed by atoms with Gasteiger partial charge in [-0.2, -0.15) is 0 Å². The van der Waals surface area contributed by atoms with Crippen LogP contribution in [0, 0.1) is 17.8 Å². The maximum Gasteiger partial charge on any atom is 0.120 e. The Balaban J connectivity index is 1.23. The van der Waals surface area contributed by atoms with Crippen molar-refractivity contribution in [1.82, 2.24) is 0 Å². The van der Waals surface area contributed by atoms with Gasteiger partial charge in [0.2, 0.25) is 0 Å². The third-order valence-electron chi connectivity index (χ3n) is 8.38. The zero-order chi connectivity index (χ0) is 22.2. The number of hydrogen-bond donors (Lipinski definition) is 0. The van der Waals surface area contributed by atoms with E-state index in [1.807, 2.05) is 19.1 Å². The monoisotopic (exact) mass is 432 g/mol. The first-order chi connectivity index (χ1) is 15.7. The van der Waals surface area contributed by atoms with Crippen LogP contribution in [0.4, 0.5) is 0 Å². The molecule has 0 spiro atoms. The van der Waals surface area contributed by atoms with E-state index in [0.29, 0.717) is 6.61 Å². The zero-order valence-corrected chi connectivity index (χ0v) is 20.5. The molecular formula is C31H44O. The van der Waals surface area contributed by atoms with Gasteiger partial charge in [-0.1, -0.05) is 94.7 Å². The summed E-state index contributed by atoms with van der Waals surface area (Å²) in [5, 5.41) is 2.63. The molecule has 4 rings (SSSR count). The number of fused-ring (bicyclic) bond motifs is 1. The van der Waals surface area contributed by atoms with Gasteiger partial charge in [0, 0.05) is 0 Å². The van der Waals surface area contributed by atoms with E-state index in [1.165, 1.54) is 87.8 Å². The Hall–Kier alpha value is -1.76. The Morgan fingerprint density at radius 1 is 0.750 bits per heavy atom. The van der Waals surface area contributed by atoms with Gasteiger partial charge >= 0.3 is 0 Å². The molecule has 2 aliphatic carbocycles. The predicted molar refractivity (Wildman–Crippen MR) is 139 cm³/mol. The van der Waals surface area contributed by atoms with Crippen molar-refractivity contribution in [3.8, 4) is 5.75 Å². The van der Waals surface area contributed by atoms with Crippen molar-refractivity contribution < 1.29 is 4.74 Å². The SMILES string of the molecule is CC=CCOc1ccc2cc(C3CCC(CCC4CCC(CCC)CC4)CC3)ccc2c1. The number of hydrogen-bond acceptors (Lipinski definition) is 1. The molecule has 1 nitrogen and oxygen atoms in total. The molecule has 2 fully saturated rings. The minimum absolute atomic E-state index is 0.642. The molecule has 0 unspecified atom stereocenters. The topological polar surface area (TPSA) is 9.23 Å². The predicted octanol–water partition coefficient (Wildman–Crippen LogP) is 9.46. The van der Waals surface area contributed by atoms with Gasteiger partial charge in [-0.25, -0.2) is 0 Å². The molecule has 2 aromatic carbocycles. The van der Waals surface area contributed by atoms with E-state index in [4.69, 9.17) is 4.74 Å². The quantitative estimate of drug-likeness (QED) is 0.358. The summed E-state index contributed by atoms with van der Waals surface area (Å²) in [6.45, 7) is 5.01. The van der Waals surface area contributed by atoms with Crippen LogP contribution < -0.4 is 4.74 Å². The van der Waals surface area contributed by atoms with Gasteiger partial charge in [0.25, 0.3) is 0 Å². The van der Waals surface area contributed by atoms with Crippen LogP contribution in [-0.4, -0.2) is 6.61 Å². The lowest BCUT2D eigenvalue weighted by atomic mass is 9.74. The summed E-state index contributed by atoms with van der Waals surface area (Å²) in [5.41, 5.74) is 1.55. The Bertz CT molecular complexity index is 850. The number of ether oxygens (including phenoxy) is 1. The maximum atomic E-state index is 5.81. The second-order valence-electron chi connectivity index (χ2n) is 10.6. The molecule has 0 atom stereocenters. The van der Waals surface area contributed by atoms with Crippen LogP contribution in [0.1, 0.15) is 102 Å². The normalized spacial score (nSPS) is 26.6. The molecule has 174 valence electrons. The summed E-state index contributed by atoms with van der Waals surface area (Å²) in [6, 6.07) is 13.6. The molecule has 0 radical (unpaired) electrons. The first kappa shape index (κ1) is 23.4. The van der Waals surface area contributed by atoms with Crippen molar-refractivity contribution in [3.05, 3.63) is 54.1 Å². The second kappa shape index (κ2) is 11.9. The van der Waals surface area contributed by atoms with Gasteiger partial charge in [-0.3, -0.25) is 0 Å². The lowest BCUT2D eigenvalue weighted by molar-refractivity contribution is 0.224. The van der Waals surface area contributed by atoms with Crippen LogP contribution in [0.5, 0.6) is 5.75 Å². The molecular weight excluding hydrogens is 388 g/mol. The van der Waals surface area contributed by atoms with E-state index in [0.717, 1.165) is 29.4 Å². The van der Waals surface area contributed by atoms with Crippen LogP contribution in [0.25, 0.3) is 10.8 Å².